The van der Waals surface area contributed by atoms with Crippen molar-refractivity contribution in [1.29, 1.82) is 0 Å². The van der Waals surface area contributed by atoms with E-state index >= 15 is 0 Å². The van der Waals surface area contributed by atoms with Crippen molar-refractivity contribution >= 4 is 17.6 Å². The van der Waals surface area contributed by atoms with Crippen molar-refractivity contribution in [3.05, 3.63) is 89.5 Å². The van der Waals surface area contributed by atoms with Crippen molar-refractivity contribution in [2.24, 2.45) is 5.10 Å². The number of rotatable bonds is 6. The van der Waals surface area contributed by atoms with Crippen LogP contribution in [0.1, 0.15) is 33.9 Å². The zero-order valence-electron chi connectivity index (χ0n) is 19.2. The van der Waals surface area contributed by atoms with Gasteiger partial charge in [-0.15, -0.1) is 0 Å². The zero-order chi connectivity index (χ0) is 24.2. The van der Waals surface area contributed by atoms with Crippen LogP contribution < -0.4 is 14.2 Å². The van der Waals surface area contributed by atoms with Crippen molar-refractivity contribution in [2.75, 3.05) is 26.9 Å². The third-order valence-corrected chi connectivity index (χ3v) is 5.88. The number of carbonyl (C=O) groups is 2. The van der Waals surface area contributed by atoms with Gasteiger partial charge in [0.1, 0.15) is 19.0 Å². The van der Waals surface area contributed by atoms with E-state index in [2.05, 4.69) is 5.10 Å². The van der Waals surface area contributed by atoms with Gasteiger partial charge in [0.25, 0.3) is 5.91 Å². The summed E-state index contributed by atoms with van der Waals surface area (Å²) in [6.45, 7) is 0.431. The standard InChI is InChI=1S/C27H24N2O6/c1-32-21-10-7-19(8-11-21)23-16-22(18-5-3-2-4-6-18)28-29(23)26(30)17-35-27(31)20-9-12-24-25(15-20)34-14-13-33-24/h2-12,15,23H,13-14,16-17H2,1H3/t23-/m1/s1. The third kappa shape index (κ3) is 4.82. The Labute approximate surface area is 202 Å². The summed E-state index contributed by atoms with van der Waals surface area (Å²) >= 11 is 0. The Kier molecular flexibility index (Phi) is 6.34. The zero-order valence-corrected chi connectivity index (χ0v) is 19.2. The van der Waals surface area contributed by atoms with Crippen LogP contribution in [0.5, 0.6) is 17.2 Å². The van der Waals surface area contributed by atoms with Gasteiger partial charge in [-0.2, -0.15) is 5.10 Å². The average Bonchev–Trinajstić information content (AvgIpc) is 3.37. The highest BCUT2D eigenvalue weighted by molar-refractivity contribution is 6.03. The highest BCUT2D eigenvalue weighted by atomic mass is 16.6. The van der Waals surface area contributed by atoms with Crippen molar-refractivity contribution in [3.8, 4) is 17.2 Å². The number of nitrogens with zero attached hydrogens (tertiary/aromatic N) is 2. The molecule has 1 atom stereocenters. The fourth-order valence-electron chi connectivity index (χ4n) is 4.08. The van der Waals surface area contributed by atoms with E-state index in [0.29, 0.717) is 31.1 Å². The van der Waals surface area contributed by atoms with E-state index in [1.807, 2.05) is 54.6 Å². The second-order valence-corrected chi connectivity index (χ2v) is 8.08. The van der Waals surface area contributed by atoms with Gasteiger partial charge in [-0.25, -0.2) is 9.80 Å². The molecule has 0 aromatic heterocycles. The summed E-state index contributed by atoms with van der Waals surface area (Å²) in [5.41, 5.74) is 2.92. The average molecular weight is 472 g/mol. The molecule has 8 heteroatoms. The summed E-state index contributed by atoms with van der Waals surface area (Å²) in [6, 6.07) is 21.7. The van der Waals surface area contributed by atoms with Crippen LogP contribution in [0.3, 0.4) is 0 Å². The summed E-state index contributed by atoms with van der Waals surface area (Å²) in [5, 5.41) is 6.01. The lowest BCUT2D eigenvalue weighted by atomic mass is 9.98. The first kappa shape index (κ1) is 22.5. The molecule has 0 bridgehead atoms. The van der Waals surface area contributed by atoms with Gasteiger partial charge in [0.05, 0.1) is 24.4 Å². The summed E-state index contributed by atoms with van der Waals surface area (Å²) in [5.74, 6) is 0.743. The molecular weight excluding hydrogens is 448 g/mol. The minimum absolute atomic E-state index is 0.281. The molecule has 3 aromatic carbocycles. The lowest BCUT2D eigenvalue weighted by Crippen LogP contribution is -2.31. The molecule has 0 unspecified atom stereocenters. The molecule has 2 heterocycles. The maximum atomic E-state index is 13.2. The fourth-order valence-corrected chi connectivity index (χ4v) is 4.08. The van der Waals surface area contributed by atoms with Crippen LogP contribution in [-0.4, -0.2) is 49.5 Å². The number of fused-ring (bicyclic) bond motifs is 1. The molecule has 0 N–H and O–H groups in total. The Morgan fingerprint density at radius 2 is 1.71 bits per heavy atom. The van der Waals surface area contributed by atoms with Crippen molar-refractivity contribution < 1.29 is 28.5 Å². The first-order valence-corrected chi connectivity index (χ1v) is 11.3. The number of ether oxygens (including phenoxy) is 4. The Balaban J connectivity index is 1.33. The quantitative estimate of drug-likeness (QED) is 0.504. The van der Waals surface area contributed by atoms with Crippen molar-refractivity contribution in [3.63, 3.8) is 0 Å². The molecular formula is C27H24N2O6. The number of hydrogen-bond acceptors (Lipinski definition) is 7. The smallest absolute Gasteiger partial charge is 0.338 e. The van der Waals surface area contributed by atoms with E-state index in [9.17, 15) is 9.59 Å². The molecule has 5 rings (SSSR count). The minimum Gasteiger partial charge on any atom is -0.497 e. The van der Waals surface area contributed by atoms with Crippen molar-refractivity contribution in [1.82, 2.24) is 5.01 Å². The molecule has 0 saturated carbocycles. The van der Waals surface area contributed by atoms with E-state index in [0.717, 1.165) is 22.6 Å². The largest absolute Gasteiger partial charge is 0.497 e. The Morgan fingerprint density at radius 3 is 2.46 bits per heavy atom. The molecule has 178 valence electrons. The number of methoxy groups -OCH3 is 1. The third-order valence-electron chi connectivity index (χ3n) is 5.88. The number of benzene rings is 3. The van der Waals surface area contributed by atoms with Crippen LogP contribution in [0.4, 0.5) is 0 Å². The second-order valence-electron chi connectivity index (χ2n) is 8.08. The predicted molar refractivity (Wildman–Crippen MR) is 128 cm³/mol. The molecule has 2 aliphatic rings. The molecule has 3 aromatic rings. The first-order valence-electron chi connectivity index (χ1n) is 11.3. The molecule has 8 nitrogen and oxygen atoms in total. The molecule has 0 fully saturated rings. The lowest BCUT2D eigenvalue weighted by molar-refractivity contribution is -0.136. The summed E-state index contributed by atoms with van der Waals surface area (Å²) in [7, 11) is 1.60. The Hall–Kier alpha value is -4.33. The highest BCUT2D eigenvalue weighted by Gasteiger charge is 2.33. The topological polar surface area (TPSA) is 86.7 Å². The number of amides is 1. The molecule has 0 aliphatic carbocycles. The van der Waals surface area contributed by atoms with Crippen LogP contribution in [0, 0.1) is 0 Å². The van der Waals surface area contributed by atoms with Gasteiger partial charge in [-0.1, -0.05) is 42.5 Å². The van der Waals surface area contributed by atoms with Gasteiger partial charge in [-0.3, -0.25) is 4.79 Å². The van der Waals surface area contributed by atoms with Gasteiger partial charge in [0.2, 0.25) is 0 Å². The lowest BCUT2D eigenvalue weighted by Gasteiger charge is -2.22. The molecule has 0 saturated heterocycles. The summed E-state index contributed by atoms with van der Waals surface area (Å²) < 4.78 is 21.6. The van der Waals surface area contributed by atoms with Crippen LogP contribution in [-0.2, 0) is 9.53 Å². The van der Waals surface area contributed by atoms with E-state index in [1.165, 1.54) is 5.01 Å². The summed E-state index contributed by atoms with van der Waals surface area (Å²) in [6.07, 6.45) is 0.540. The number of hydrogen-bond donors (Lipinski definition) is 0. The number of carbonyl (C=O) groups excluding carboxylic acids is 2. The minimum atomic E-state index is -0.622. The van der Waals surface area contributed by atoms with Gasteiger partial charge < -0.3 is 18.9 Å². The van der Waals surface area contributed by atoms with E-state index in [-0.39, 0.29) is 11.6 Å². The van der Waals surface area contributed by atoms with Crippen LogP contribution >= 0.6 is 0 Å². The van der Waals surface area contributed by atoms with Gasteiger partial charge in [0.15, 0.2) is 18.1 Å². The summed E-state index contributed by atoms with van der Waals surface area (Å²) in [4.78, 5) is 25.8. The Bertz CT molecular complexity index is 1260. The monoisotopic (exact) mass is 472 g/mol. The maximum absolute atomic E-state index is 13.2. The van der Waals surface area contributed by atoms with Crippen LogP contribution in [0.15, 0.2) is 77.9 Å². The molecule has 2 aliphatic heterocycles. The molecule has 0 spiro atoms. The van der Waals surface area contributed by atoms with E-state index < -0.39 is 18.5 Å². The van der Waals surface area contributed by atoms with E-state index in [1.54, 1.807) is 25.3 Å². The molecule has 1 amide bonds. The van der Waals surface area contributed by atoms with Gasteiger partial charge in [-0.05, 0) is 41.5 Å². The number of esters is 1. The Morgan fingerprint density at radius 1 is 0.971 bits per heavy atom. The maximum Gasteiger partial charge on any atom is 0.338 e. The fraction of sp³-hybridized carbons (Fsp3) is 0.222. The van der Waals surface area contributed by atoms with E-state index in [4.69, 9.17) is 18.9 Å². The normalized spacial score (nSPS) is 16.4. The molecule has 35 heavy (non-hydrogen) atoms. The SMILES string of the molecule is COc1ccc([C@H]2CC(c3ccccc3)=NN2C(=O)COC(=O)c2ccc3c(c2)OCCO3)cc1. The van der Waals surface area contributed by atoms with Crippen LogP contribution in [0.25, 0.3) is 0 Å². The second kappa shape index (κ2) is 9.89. The molecule has 0 radical (unpaired) electrons. The van der Waals surface area contributed by atoms with Gasteiger partial charge >= 0.3 is 5.97 Å². The van der Waals surface area contributed by atoms with Crippen LogP contribution in [0.2, 0.25) is 0 Å². The van der Waals surface area contributed by atoms with Gasteiger partial charge in [0, 0.05) is 6.42 Å². The number of hydrazone groups is 1. The first-order chi connectivity index (χ1) is 17.1. The van der Waals surface area contributed by atoms with Crippen molar-refractivity contribution in [2.45, 2.75) is 12.5 Å². The highest BCUT2D eigenvalue weighted by Crippen LogP contribution is 2.34. The predicted octanol–water partition coefficient (Wildman–Crippen LogP) is 4.00.